The van der Waals surface area contributed by atoms with Crippen molar-refractivity contribution in [2.75, 3.05) is 11.1 Å². The van der Waals surface area contributed by atoms with Crippen LogP contribution in [-0.2, 0) is 0 Å². The summed E-state index contributed by atoms with van der Waals surface area (Å²) in [5.41, 5.74) is 7.35. The molecule has 1 heterocycles. The number of nitrogens with one attached hydrogen (secondary N) is 1. The number of benzene rings is 1. The van der Waals surface area contributed by atoms with Crippen LogP contribution in [0.4, 0.5) is 10.7 Å². The van der Waals surface area contributed by atoms with Gasteiger partial charge in [0.2, 0.25) is 0 Å². The van der Waals surface area contributed by atoms with Gasteiger partial charge >= 0.3 is 0 Å². The van der Waals surface area contributed by atoms with Crippen molar-refractivity contribution in [3.63, 3.8) is 0 Å². The molecule has 0 bridgehead atoms. The van der Waals surface area contributed by atoms with E-state index in [2.05, 4.69) is 5.32 Å². The van der Waals surface area contributed by atoms with Gasteiger partial charge in [0.15, 0.2) is 0 Å². The predicted octanol–water partition coefficient (Wildman–Crippen LogP) is 2.89. The van der Waals surface area contributed by atoms with E-state index >= 15 is 0 Å². The number of hydrogen-bond acceptors (Lipinski definition) is 3. The van der Waals surface area contributed by atoms with E-state index in [1.54, 1.807) is 0 Å². The molecule has 0 fully saturated rings. The van der Waals surface area contributed by atoms with Crippen LogP contribution in [0.5, 0.6) is 0 Å². The first kappa shape index (κ1) is 10.7. The van der Waals surface area contributed by atoms with Gasteiger partial charge in [0, 0.05) is 5.69 Å². The average Bonchev–Trinajstić information content (AvgIpc) is 2.59. The Kier molecular flexibility index (Phi) is 2.92. The first-order valence-electron chi connectivity index (χ1n) is 4.89. The summed E-state index contributed by atoms with van der Waals surface area (Å²) in [6, 6.07) is 11.2. The minimum atomic E-state index is -0.106. The van der Waals surface area contributed by atoms with Gasteiger partial charge in [-0.15, -0.1) is 11.3 Å². The standard InChI is InChI=1S/C12H12N2OS/c1-8-7-10(13)16-11(8)12(15)14-9-5-3-2-4-6-9/h2-7H,13H2,1H3,(H,14,15). The Morgan fingerprint density at radius 1 is 1.31 bits per heavy atom. The number of thiophene rings is 1. The second-order valence-corrected chi connectivity index (χ2v) is 4.56. The molecule has 0 atom stereocenters. The number of para-hydroxylation sites is 1. The largest absolute Gasteiger partial charge is 0.391 e. The lowest BCUT2D eigenvalue weighted by atomic mass is 10.2. The number of carbonyl (C=O) groups excluding carboxylic acids is 1. The molecule has 0 unspecified atom stereocenters. The van der Waals surface area contributed by atoms with E-state index in [1.807, 2.05) is 43.3 Å². The second-order valence-electron chi connectivity index (χ2n) is 3.48. The second kappa shape index (κ2) is 4.37. The highest BCUT2D eigenvalue weighted by Crippen LogP contribution is 2.24. The van der Waals surface area contributed by atoms with Gasteiger partial charge in [0.25, 0.3) is 5.91 Å². The van der Waals surface area contributed by atoms with Gasteiger partial charge in [0.1, 0.15) is 0 Å². The lowest BCUT2D eigenvalue weighted by Gasteiger charge is -2.03. The van der Waals surface area contributed by atoms with E-state index in [-0.39, 0.29) is 5.91 Å². The number of amides is 1. The van der Waals surface area contributed by atoms with Crippen molar-refractivity contribution in [1.82, 2.24) is 0 Å². The van der Waals surface area contributed by atoms with E-state index in [1.165, 1.54) is 11.3 Å². The number of aryl methyl sites for hydroxylation is 1. The number of carbonyl (C=O) groups is 1. The molecule has 0 saturated carbocycles. The molecule has 0 saturated heterocycles. The number of hydrogen-bond donors (Lipinski definition) is 2. The highest BCUT2D eigenvalue weighted by molar-refractivity contribution is 7.18. The third kappa shape index (κ3) is 2.23. The van der Waals surface area contributed by atoms with E-state index in [0.29, 0.717) is 9.88 Å². The molecule has 4 heteroatoms. The SMILES string of the molecule is Cc1cc(N)sc1C(=O)Nc1ccccc1. The molecule has 2 rings (SSSR count). The minimum absolute atomic E-state index is 0.106. The summed E-state index contributed by atoms with van der Waals surface area (Å²) in [4.78, 5) is 12.6. The Hall–Kier alpha value is -1.81. The molecule has 3 nitrogen and oxygen atoms in total. The van der Waals surface area contributed by atoms with Gasteiger partial charge in [-0.05, 0) is 30.7 Å². The first-order chi connectivity index (χ1) is 7.66. The molecule has 3 N–H and O–H groups in total. The number of nitrogen functional groups attached to an aromatic ring is 1. The normalized spacial score (nSPS) is 10.1. The number of nitrogens with two attached hydrogens (primary N) is 1. The lowest BCUT2D eigenvalue weighted by Crippen LogP contribution is -2.10. The molecule has 1 aromatic carbocycles. The fourth-order valence-electron chi connectivity index (χ4n) is 1.44. The fraction of sp³-hybridized carbons (Fsp3) is 0.0833. The Balaban J connectivity index is 2.18. The van der Waals surface area contributed by atoms with Crippen LogP contribution in [0.15, 0.2) is 36.4 Å². The predicted molar refractivity (Wildman–Crippen MR) is 67.9 cm³/mol. The molecular formula is C12H12N2OS. The van der Waals surface area contributed by atoms with Crippen LogP contribution in [0.2, 0.25) is 0 Å². The summed E-state index contributed by atoms with van der Waals surface area (Å²) in [5.74, 6) is -0.106. The zero-order chi connectivity index (χ0) is 11.5. The zero-order valence-electron chi connectivity index (χ0n) is 8.86. The van der Waals surface area contributed by atoms with Crippen LogP contribution in [0, 0.1) is 6.92 Å². The van der Waals surface area contributed by atoms with Crippen molar-refractivity contribution >= 4 is 27.9 Å². The highest BCUT2D eigenvalue weighted by atomic mass is 32.1. The van der Waals surface area contributed by atoms with Gasteiger partial charge in [-0.3, -0.25) is 4.79 Å². The van der Waals surface area contributed by atoms with Crippen LogP contribution in [0.25, 0.3) is 0 Å². The van der Waals surface area contributed by atoms with Gasteiger partial charge in [0.05, 0.1) is 9.88 Å². The van der Waals surface area contributed by atoms with Crippen molar-refractivity contribution in [1.29, 1.82) is 0 Å². The Morgan fingerprint density at radius 3 is 2.56 bits per heavy atom. The van der Waals surface area contributed by atoms with Crippen molar-refractivity contribution in [2.45, 2.75) is 6.92 Å². The van der Waals surface area contributed by atoms with E-state index in [0.717, 1.165) is 11.3 Å². The summed E-state index contributed by atoms with van der Waals surface area (Å²) >= 11 is 1.31. The van der Waals surface area contributed by atoms with Gasteiger partial charge in [-0.1, -0.05) is 18.2 Å². The third-order valence-electron chi connectivity index (χ3n) is 2.17. The summed E-state index contributed by atoms with van der Waals surface area (Å²) in [6.45, 7) is 1.88. The Labute approximate surface area is 97.9 Å². The summed E-state index contributed by atoms with van der Waals surface area (Å²) in [6.07, 6.45) is 0. The average molecular weight is 232 g/mol. The Bertz CT molecular complexity index is 505. The molecule has 0 aliphatic rings. The van der Waals surface area contributed by atoms with Crippen LogP contribution in [0.1, 0.15) is 15.2 Å². The smallest absolute Gasteiger partial charge is 0.266 e. The van der Waals surface area contributed by atoms with Gasteiger partial charge in [-0.25, -0.2) is 0 Å². The van der Waals surface area contributed by atoms with Crippen LogP contribution in [0.3, 0.4) is 0 Å². The van der Waals surface area contributed by atoms with E-state index in [9.17, 15) is 4.79 Å². The molecule has 1 aromatic heterocycles. The maximum absolute atomic E-state index is 11.9. The van der Waals surface area contributed by atoms with Crippen LogP contribution >= 0.6 is 11.3 Å². The van der Waals surface area contributed by atoms with Crippen molar-refractivity contribution in [2.24, 2.45) is 0 Å². The van der Waals surface area contributed by atoms with Crippen LogP contribution < -0.4 is 11.1 Å². The summed E-state index contributed by atoms with van der Waals surface area (Å²) in [5, 5.41) is 3.49. The molecule has 82 valence electrons. The Morgan fingerprint density at radius 2 is 2.00 bits per heavy atom. The zero-order valence-corrected chi connectivity index (χ0v) is 9.67. The summed E-state index contributed by atoms with van der Waals surface area (Å²) in [7, 11) is 0. The van der Waals surface area contributed by atoms with E-state index in [4.69, 9.17) is 5.73 Å². The van der Waals surface area contributed by atoms with Crippen molar-refractivity contribution < 1.29 is 4.79 Å². The molecule has 16 heavy (non-hydrogen) atoms. The minimum Gasteiger partial charge on any atom is -0.391 e. The molecule has 0 spiro atoms. The maximum Gasteiger partial charge on any atom is 0.266 e. The molecule has 0 aliphatic heterocycles. The fourth-order valence-corrected chi connectivity index (χ4v) is 2.28. The summed E-state index contributed by atoms with van der Waals surface area (Å²) < 4.78 is 0. The van der Waals surface area contributed by atoms with Gasteiger partial charge in [-0.2, -0.15) is 0 Å². The molecule has 2 aromatic rings. The molecular weight excluding hydrogens is 220 g/mol. The number of rotatable bonds is 2. The monoisotopic (exact) mass is 232 g/mol. The topological polar surface area (TPSA) is 55.1 Å². The number of anilines is 2. The first-order valence-corrected chi connectivity index (χ1v) is 5.71. The van der Waals surface area contributed by atoms with E-state index < -0.39 is 0 Å². The third-order valence-corrected chi connectivity index (χ3v) is 3.24. The van der Waals surface area contributed by atoms with Crippen molar-refractivity contribution in [3.8, 4) is 0 Å². The molecule has 0 radical (unpaired) electrons. The van der Waals surface area contributed by atoms with Crippen LogP contribution in [-0.4, -0.2) is 5.91 Å². The maximum atomic E-state index is 11.9. The van der Waals surface area contributed by atoms with Gasteiger partial charge < -0.3 is 11.1 Å². The van der Waals surface area contributed by atoms with Crippen molar-refractivity contribution in [3.05, 3.63) is 46.8 Å². The quantitative estimate of drug-likeness (QED) is 0.836. The molecule has 1 amide bonds. The lowest BCUT2D eigenvalue weighted by molar-refractivity contribution is 0.103. The highest BCUT2D eigenvalue weighted by Gasteiger charge is 2.12. The molecule has 0 aliphatic carbocycles.